The van der Waals surface area contributed by atoms with E-state index in [1.807, 2.05) is 27.7 Å². The Kier molecular flexibility index (Phi) is 6.76. The monoisotopic (exact) mass is 336 g/mol. The van der Waals surface area contributed by atoms with Gasteiger partial charge in [0.2, 0.25) is 5.91 Å². The third kappa shape index (κ3) is 5.77. The number of nitrogens with zero attached hydrogens (tertiary/aromatic N) is 1. The minimum absolute atomic E-state index is 0.0249. The molecule has 5 nitrogen and oxygen atoms in total. The lowest BCUT2D eigenvalue weighted by molar-refractivity contribution is -0.138. The van der Waals surface area contributed by atoms with Gasteiger partial charge in [0.25, 0.3) is 11.8 Å². The molecule has 5 heteroatoms. The number of amides is 3. The summed E-state index contributed by atoms with van der Waals surface area (Å²) >= 11 is 0. The fraction of sp³-hybridized carbons (Fsp3) is 0.737. The normalized spacial score (nSPS) is 18.0. The van der Waals surface area contributed by atoms with Gasteiger partial charge in [-0.05, 0) is 23.7 Å². The van der Waals surface area contributed by atoms with Crippen LogP contribution in [0.2, 0.25) is 0 Å². The highest BCUT2D eigenvalue weighted by molar-refractivity contribution is 6.16. The van der Waals surface area contributed by atoms with Crippen molar-refractivity contribution in [2.75, 3.05) is 13.1 Å². The van der Waals surface area contributed by atoms with Crippen molar-refractivity contribution < 1.29 is 14.4 Å². The molecule has 0 saturated carbocycles. The number of imide groups is 1. The molecule has 0 radical (unpaired) electrons. The van der Waals surface area contributed by atoms with Gasteiger partial charge in [0.1, 0.15) is 0 Å². The van der Waals surface area contributed by atoms with Gasteiger partial charge in [-0.3, -0.25) is 19.3 Å². The van der Waals surface area contributed by atoms with Gasteiger partial charge in [-0.1, -0.05) is 48.5 Å². The second-order valence-electron chi connectivity index (χ2n) is 8.53. The van der Waals surface area contributed by atoms with Gasteiger partial charge in [-0.2, -0.15) is 0 Å². The highest BCUT2D eigenvalue weighted by Gasteiger charge is 2.33. The van der Waals surface area contributed by atoms with Crippen molar-refractivity contribution in [1.29, 1.82) is 0 Å². The molecule has 0 aromatic carbocycles. The van der Waals surface area contributed by atoms with Crippen molar-refractivity contribution in [3.63, 3.8) is 0 Å². The molecule has 0 bridgehead atoms. The van der Waals surface area contributed by atoms with Crippen molar-refractivity contribution in [2.24, 2.45) is 23.2 Å². The van der Waals surface area contributed by atoms with Crippen LogP contribution in [0.25, 0.3) is 0 Å². The van der Waals surface area contributed by atoms with Gasteiger partial charge in [0, 0.05) is 30.7 Å². The van der Waals surface area contributed by atoms with Gasteiger partial charge in [0.05, 0.1) is 0 Å². The molecule has 136 valence electrons. The zero-order chi connectivity index (χ0) is 18.7. The third-order valence-electron chi connectivity index (χ3n) is 4.15. The zero-order valence-electron chi connectivity index (χ0n) is 16.1. The van der Waals surface area contributed by atoms with Gasteiger partial charge in [0.15, 0.2) is 0 Å². The Morgan fingerprint density at radius 1 is 1.17 bits per heavy atom. The van der Waals surface area contributed by atoms with Crippen LogP contribution >= 0.6 is 0 Å². The molecule has 1 N–H and O–H groups in total. The summed E-state index contributed by atoms with van der Waals surface area (Å²) in [5.74, 6) is -0.423. The lowest BCUT2D eigenvalue weighted by Crippen LogP contribution is -2.38. The van der Waals surface area contributed by atoms with Crippen LogP contribution in [0, 0.1) is 23.2 Å². The summed E-state index contributed by atoms with van der Waals surface area (Å²) in [5, 5.41) is 2.96. The lowest BCUT2D eigenvalue weighted by Gasteiger charge is -2.24. The molecule has 1 heterocycles. The largest absolute Gasteiger partial charge is 0.355 e. The number of nitrogens with one attached hydrogen (secondary N) is 1. The molecule has 3 amide bonds. The molecule has 0 saturated heterocycles. The Morgan fingerprint density at radius 3 is 2.21 bits per heavy atom. The zero-order valence-corrected chi connectivity index (χ0v) is 16.1. The molecule has 2 atom stereocenters. The summed E-state index contributed by atoms with van der Waals surface area (Å²) in [6, 6.07) is 0. The van der Waals surface area contributed by atoms with E-state index in [2.05, 4.69) is 26.1 Å². The summed E-state index contributed by atoms with van der Waals surface area (Å²) in [6.45, 7) is 14.9. The van der Waals surface area contributed by atoms with Crippen LogP contribution in [0.3, 0.4) is 0 Å². The van der Waals surface area contributed by atoms with Crippen LogP contribution in [0.5, 0.6) is 0 Å². The molecule has 0 aromatic heterocycles. The predicted octanol–water partition coefficient (Wildman–Crippen LogP) is 2.76. The Morgan fingerprint density at radius 2 is 1.75 bits per heavy atom. The Hall–Kier alpha value is -1.65. The smallest absolute Gasteiger partial charge is 0.257 e. The van der Waals surface area contributed by atoms with Crippen LogP contribution in [0.1, 0.15) is 54.9 Å². The SMILES string of the molecule is CC(CC(C)C(=O)NCC(C)(C)C)CN1C(=O)C=C(C(C)C)C1=O. The molecule has 0 aromatic rings. The summed E-state index contributed by atoms with van der Waals surface area (Å²) in [7, 11) is 0. The van der Waals surface area contributed by atoms with Crippen LogP contribution in [-0.4, -0.2) is 35.7 Å². The minimum Gasteiger partial charge on any atom is -0.355 e. The molecule has 0 fully saturated rings. The highest BCUT2D eigenvalue weighted by Crippen LogP contribution is 2.23. The van der Waals surface area contributed by atoms with Crippen LogP contribution in [0.4, 0.5) is 0 Å². The van der Waals surface area contributed by atoms with Gasteiger partial charge in [-0.15, -0.1) is 0 Å². The molecular formula is C19H32N2O3. The Labute approximate surface area is 145 Å². The summed E-state index contributed by atoms with van der Waals surface area (Å²) in [6.07, 6.45) is 2.09. The lowest BCUT2D eigenvalue weighted by atomic mass is 9.94. The predicted molar refractivity (Wildman–Crippen MR) is 95.1 cm³/mol. The fourth-order valence-electron chi connectivity index (χ4n) is 2.74. The Bertz CT molecular complexity index is 529. The maximum atomic E-state index is 12.3. The first-order valence-electron chi connectivity index (χ1n) is 8.77. The number of hydrogen-bond donors (Lipinski definition) is 1. The minimum atomic E-state index is -0.236. The van der Waals surface area contributed by atoms with Crippen LogP contribution < -0.4 is 5.32 Å². The van der Waals surface area contributed by atoms with Crippen molar-refractivity contribution in [3.05, 3.63) is 11.6 Å². The molecule has 2 unspecified atom stereocenters. The molecule has 1 aliphatic rings. The molecular weight excluding hydrogens is 304 g/mol. The topological polar surface area (TPSA) is 66.5 Å². The van der Waals surface area contributed by atoms with E-state index in [1.54, 1.807) is 0 Å². The van der Waals surface area contributed by atoms with E-state index in [9.17, 15) is 14.4 Å². The first-order chi connectivity index (χ1) is 10.9. The highest BCUT2D eigenvalue weighted by atomic mass is 16.2. The van der Waals surface area contributed by atoms with E-state index < -0.39 is 0 Å². The number of carbonyl (C=O) groups is 3. The van der Waals surface area contributed by atoms with Gasteiger partial charge in [-0.25, -0.2) is 0 Å². The molecule has 1 aliphatic heterocycles. The fourth-order valence-corrected chi connectivity index (χ4v) is 2.74. The molecule has 24 heavy (non-hydrogen) atoms. The summed E-state index contributed by atoms with van der Waals surface area (Å²) in [5.41, 5.74) is 0.622. The van der Waals surface area contributed by atoms with E-state index in [4.69, 9.17) is 0 Å². The average Bonchev–Trinajstić information content (AvgIpc) is 2.72. The number of carbonyl (C=O) groups excluding carboxylic acids is 3. The number of hydrogen-bond acceptors (Lipinski definition) is 3. The first-order valence-corrected chi connectivity index (χ1v) is 8.77. The van der Waals surface area contributed by atoms with Gasteiger partial charge >= 0.3 is 0 Å². The van der Waals surface area contributed by atoms with Gasteiger partial charge < -0.3 is 5.32 Å². The standard InChI is InChI=1S/C19H32N2O3/c1-12(2)15-9-16(22)21(18(15)24)10-13(3)8-14(4)17(23)20-11-19(5,6)7/h9,12-14H,8,10-11H2,1-7H3,(H,20,23). The van der Waals surface area contributed by atoms with Crippen molar-refractivity contribution >= 4 is 17.7 Å². The van der Waals surface area contributed by atoms with Crippen LogP contribution in [0.15, 0.2) is 11.6 Å². The second kappa shape index (κ2) is 7.95. The molecule has 0 aliphatic carbocycles. The quantitative estimate of drug-likeness (QED) is 0.727. The average molecular weight is 336 g/mol. The van der Waals surface area contributed by atoms with Crippen molar-refractivity contribution in [3.8, 4) is 0 Å². The van der Waals surface area contributed by atoms with Crippen molar-refractivity contribution in [2.45, 2.75) is 54.9 Å². The third-order valence-corrected chi connectivity index (χ3v) is 4.15. The first kappa shape index (κ1) is 20.4. The van der Waals surface area contributed by atoms with Crippen LogP contribution in [-0.2, 0) is 14.4 Å². The summed E-state index contributed by atoms with van der Waals surface area (Å²) in [4.78, 5) is 37.8. The van der Waals surface area contributed by atoms with Crippen molar-refractivity contribution in [1.82, 2.24) is 10.2 Å². The molecule has 1 rings (SSSR count). The van der Waals surface area contributed by atoms with E-state index in [-0.39, 0.29) is 40.9 Å². The Balaban J connectivity index is 2.52. The molecule has 0 spiro atoms. The number of rotatable bonds is 7. The summed E-state index contributed by atoms with van der Waals surface area (Å²) < 4.78 is 0. The van der Waals surface area contributed by atoms with E-state index >= 15 is 0 Å². The maximum absolute atomic E-state index is 12.3. The van der Waals surface area contributed by atoms with E-state index in [1.165, 1.54) is 11.0 Å². The van der Waals surface area contributed by atoms with E-state index in [0.717, 1.165) is 0 Å². The second-order valence-corrected chi connectivity index (χ2v) is 8.53. The van der Waals surface area contributed by atoms with E-state index in [0.29, 0.717) is 25.1 Å². The maximum Gasteiger partial charge on any atom is 0.257 e.